The standard InChI is InChI=1S/C12H16F2N2S/c13-9-4-3-8(10(14)7-9)6-11(16-15)12-2-1-5-17-12/h3-4,7,11-12,16H,1-2,5-6,15H2. The highest BCUT2D eigenvalue weighted by Crippen LogP contribution is 2.30. The Morgan fingerprint density at radius 2 is 2.29 bits per heavy atom. The van der Waals surface area contributed by atoms with E-state index in [0.717, 1.165) is 18.2 Å². The molecule has 1 fully saturated rings. The van der Waals surface area contributed by atoms with Crippen molar-refractivity contribution in [2.24, 2.45) is 5.84 Å². The smallest absolute Gasteiger partial charge is 0.129 e. The number of hydrazine groups is 1. The maximum atomic E-state index is 13.5. The Bertz CT molecular complexity index is 381. The molecule has 2 atom stereocenters. The second kappa shape index (κ2) is 5.80. The van der Waals surface area contributed by atoms with Crippen LogP contribution in [0.5, 0.6) is 0 Å². The molecule has 1 saturated heterocycles. The summed E-state index contributed by atoms with van der Waals surface area (Å²) in [6.07, 6.45) is 2.78. The van der Waals surface area contributed by atoms with E-state index in [9.17, 15) is 8.78 Å². The third-order valence-electron chi connectivity index (χ3n) is 3.08. The summed E-state index contributed by atoms with van der Waals surface area (Å²) in [6, 6.07) is 3.75. The van der Waals surface area contributed by atoms with E-state index >= 15 is 0 Å². The molecule has 0 saturated carbocycles. The topological polar surface area (TPSA) is 38.0 Å². The summed E-state index contributed by atoms with van der Waals surface area (Å²) in [6.45, 7) is 0. The van der Waals surface area contributed by atoms with Crippen LogP contribution in [0.3, 0.4) is 0 Å². The number of benzene rings is 1. The summed E-state index contributed by atoms with van der Waals surface area (Å²) in [7, 11) is 0. The fraction of sp³-hybridized carbons (Fsp3) is 0.500. The lowest BCUT2D eigenvalue weighted by molar-refractivity contribution is 0.482. The van der Waals surface area contributed by atoms with Gasteiger partial charge in [0.15, 0.2) is 0 Å². The van der Waals surface area contributed by atoms with Crippen LogP contribution < -0.4 is 11.3 Å². The van der Waals surface area contributed by atoms with Crippen molar-refractivity contribution in [1.82, 2.24) is 5.43 Å². The summed E-state index contributed by atoms with van der Waals surface area (Å²) in [4.78, 5) is 0. The first-order valence-corrected chi connectivity index (χ1v) is 6.77. The number of hydrogen-bond acceptors (Lipinski definition) is 3. The maximum Gasteiger partial charge on any atom is 0.129 e. The summed E-state index contributed by atoms with van der Waals surface area (Å²) >= 11 is 1.86. The Kier molecular flexibility index (Phi) is 4.36. The molecular formula is C12H16F2N2S. The van der Waals surface area contributed by atoms with Crippen LogP contribution in [0.15, 0.2) is 18.2 Å². The van der Waals surface area contributed by atoms with Crippen LogP contribution in [0, 0.1) is 11.6 Å². The molecule has 2 unspecified atom stereocenters. The molecule has 0 aliphatic carbocycles. The average Bonchev–Trinajstić information content (AvgIpc) is 2.81. The van der Waals surface area contributed by atoms with Crippen molar-refractivity contribution in [3.63, 3.8) is 0 Å². The lowest BCUT2D eigenvalue weighted by atomic mass is 10.0. The number of halogens is 2. The Hall–Kier alpha value is -0.650. The molecule has 1 heterocycles. The van der Waals surface area contributed by atoms with Gasteiger partial charge in [0, 0.05) is 17.4 Å². The first kappa shape index (κ1) is 12.8. The van der Waals surface area contributed by atoms with E-state index in [1.54, 1.807) is 0 Å². The quantitative estimate of drug-likeness (QED) is 0.642. The van der Waals surface area contributed by atoms with Gasteiger partial charge in [0.1, 0.15) is 11.6 Å². The molecule has 0 radical (unpaired) electrons. The Morgan fingerprint density at radius 1 is 1.47 bits per heavy atom. The van der Waals surface area contributed by atoms with E-state index in [4.69, 9.17) is 5.84 Å². The van der Waals surface area contributed by atoms with Crippen LogP contribution >= 0.6 is 11.8 Å². The zero-order valence-electron chi connectivity index (χ0n) is 9.46. The number of nitrogens with two attached hydrogens (primary N) is 1. The van der Waals surface area contributed by atoms with Crippen molar-refractivity contribution in [1.29, 1.82) is 0 Å². The van der Waals surface area contributed by atoms with Gasteiger partial charge in [-0.3, -0.25) is 11.3 Å². The SMILES string of the molecule is NNC(Cc1ccc(F)cc1F)C1CCCS1. The van der Waals surface area contributed by atoms with Crippen LogP contribution in [-0.4, -0.2) is 17.0 Å². The largest absolute Gasteiger partial charge is 0.271 e. The van der Waals surface area contributed by atoms with Gasteiger partial charge in [0.2, 0.25) is 0 Å². The van der Waals surface area contributed by atoms with Crippen LogP contribution in [0.1, 0.15) is 18.4 Å². The molecule has 0 bridgehead atoms. The predicted molar refractivity (Wildman–Crippen MR) is 66.7 cm³/mol. The van der Waals surface area contributed by atoms with Gasteiger partial charge >= 0.3 is 0 Å². The minimum Gasteiger partial charge on any atom is -0.271 e. The molecular weight excluding hydrogens is 242 g/mol. The monoisotopic (exact) mass is 258 g/mol. The number of thioether (sulfide) groups is 1. The number of rotatable bonds is 4. The molecule has 17 heavy (non-hydrogen) atoms. The van der Waals surface area contributed by atoms with E-state index in [1.165, 1.54) is 18.6 Å². The molecule has 0 aromatic heterocycles. The van der Waals surface area contributed by atoms with Crippen LogP contribution in [-0.2, 0) is 6.42 Å². The van der Waals surface area contributed by atoms with Crippen LogP contribution in [0.2, 0.25) is 0 Å². The van der Waals surface area contributed by atoms with Crippen LogP contribution in [0.4, 0.5) is 8.78 Å². The van der Waals surface area contributed by atoms with Crippen molar-refractivity contribution < 1.29 is 8.78 Å². The van der Waals surface area contributed by atoms with Crippen molar-refractivity contribution in [3.05, 3.63) is 35.4 Å². The minimum absolute atomic E-state index is 0.0439. The Labute approximate surface area is 104 Å². The summed E-state index contributed by atoms with van der Waals surface area (Å²) < 4.78 is 26.3. The normalized spacial score (nSPS) is 21.7. The van der Waals surface area contributed by atoms with Gasteiger partial charge in [0.05, 0.1) is 0 Å². The second-order valence-corrected chi connectivity index (χ2v) is 5.61. The summed E-state index contributed by atoms with van der Waals surface area (Å²) in [5, 5.41) is 0.421. The van der Waals surface area contributed by atoms with Crippen molar-refractivity contribution in [3.8, 4) is 0 Å². The van der Waals surface area contributed by atoms with E-state index in [0.29, 0.717) is 17.2 Å². The highest BCUT2D eigenvalue weighted by Gasteiger charge is 2.25. The molecule has 1 aliphatic heterocycles. The molecule has 2 nitrogen and oxygen atoms in total. The van der Waals surface area contributed by atoms with Gasteiger partial charge in [-0.2, -0.15) is 11.8 Å². The van der Waals surface area contributed by atoms with Gasteiger partial charge in [-0.15, -0.1) is 0 Å². The molecule has 94 valence electrons. The average molecular weight is 258 g/mol. The zero-order valence-corrected chi connectivity index (χ0v) is 10.3. The molecule has 2 rings (SSSR count). The fourth-order valence-electron chi connectivity index (χ4n) is 2.14. The summed E-state index contributed by atoms with van der Waals surface area (Å²) in [5.41, 5.74) is 3.27. The lowest BCUT2D eigenvalue weighted by Crippen LogP contribution is -2.43. The number of hydrogen-bond donors (Lipinski definition) is 2. The maximum absolute atomic E-state index is 13.5. The van der Waals surface area contributed by atoms with Gasteiger partial charge in [-0.1, -0.05) is 6.07 Å². The second-order valence-electron chi connectivity index (χ2n) is 4.26. The zero-order chi connectivity index (χ0) is 12.3. The van der Waals surface area contributed by atoms with Gasteiger partial charge < -0.3 is 0 Å². The van der Waals surface area contributed by atoms with Gasteiger partial charge in [-0.05, 0) is 36.6 Å². The first-order valence-electron chi connectivity index (χ1n) is 5.72. The van der Waals surface area contributed by atoms with Crippen molar-refractivity contribution >= 4 is 11.8 Å². The fourth-order valence-corrected chi connectivity index (χ4v) is 3.52. The third kappa shape index (κ3) is 3.18. The highest BCUT2D eigenvalue weighted by atomic mass is 32.2. The van der Waals surface area contributed by atoms with Gasteiger partial charge in [-0.25, -0.2) is 8.78 Å². The molecule has 1 aromatic rings. The van der Waals surface area contributed by atoms with Crippen LogP contribution in [0.25, 0.3) is 0 Å². The van der Waals surface area contributed by atoms with E-state index in [2.05, 4.69) is 5.43 Å². The van der Waals surface area contributed by atoms with E-state index < -0.39 is 11.6 Å². The first-order chi connectivity index (χ1) is 8.20. The van der Waals surface area contributed by atoms with E-state index in [-0.39, 0.29) is 6.04 Å². The third-order valence-corrected chi connectivity index (χ3v) is 4.60. The highest BCUT2D eigenvalue weighted by molar-refractivity contribution is 8.00. The van der Waals surface area contributed by atoms with Crippen molar-refractivity contribution in [2.45, 2.75) is 30.6 Å². The molecule has 5 heteroatoms. The van der Waals surface area contributed by atoms with Crippen molar-refractivity contribution in [2.75, 3.05) is 5.75 Å². The molecule has 3 N–H and O–H groups in total. The number of nitrogens with one attached hydrogen (secondary N) is 1. The molecule has 0 spiro atoms. The lowest BCUT2D eigenvalue weighted by Gasteiger charge is -2.22. The Balaban J connectivity index is 2.06. The van der Waals surface area contributed by atoms with Gasteiger partial charge in [0.25, 0.3) is 0 Å². The predicted octanol–water partition coefficient (Wildman–Crippen LogP) is 2.23. The Morgan fingerprint density at radius 3 is 2.88 bits per heavy atom. The molecule has 0 amide bonds. The van der Waals surface area contributed by atoms with E-state index in [1.807, 2.05) is 11.8 Å². The molecule has 1 aliphatic rings. The minimum atomic E-state index is -0.543. The molecule has 1 aromatic carbocycles. The summed E-state index contributed by atoms with van der Waals surface area (Å²) in [5.74, 6) is 5.62.